The van der Waals surface area contributed by atoms with Crippen LogP contribution in [-0.4, -0.2) is 36.1 Å². The standard InChI is InChI=1S/C28H40N2O5/c1-5-7-9-11-19-29(20-12-10-8-6-2)28(31)35-22(3)26-21-24(15-18-27(26)30(32)33)23-13-16-25(34-4)17-14-23/h13-18,21-22H,5-12,19-20H2,1-4H3. The van der Waals surface area contributed by atoms with Crippen LogP contribution in [0, 0.1) is 10.1 Å². The Kier molecular flexibility index (Phi) is 12.1. The molecular formula is C28H40N2O5. The molecule has 0 aliphatic carbocycles. The monoisotopic (exact) mass is 484 g/mol. The van der Waals surface area contributed by atoms with E-state index < -0.39 is 17.1 Å². The van der Waals surface area contributed by atoms with Crippen molar-refractivity contribution in [3.05, 3.63) is 58.1 Å². The maximum Gasteiger partial charge on any atom is 0.410 e. The van der Waals surface area contributed by atoms with Crippen molar-refractivity contribution in [2.24, 2.45) is 0 Å². The first-order valence-corrected chi connectivity index (χ1v) is 12.8. The van der Waals surface area contributed by atoms with Gasteiger partial charge in [-0.15, -0.1) is 0 Å². The molecule has 0 spiro atoms. The quantitative estimate of drug-likeness (QED) is 0.146. The van der Waals surface area contributed by atoms with E-state index in [0.717, 1.165) is 68.2 Å². The fourth-order valence-electron chi connectivity index (χ4n) is 4.05. The van der Waals surface area contributed by atoms with Crippen molar-refractivity contribution < 1.29 is 19.2 Å². The highest BCUT2D eigenvalue weighted by Crippen LogP contribution is 2.33. The van der Waals surface area contributed by atoms with E-state index in [1.807, 2.05) is 24.3 Å². The Morgan fingerprint density at radius 1 is 0.914 bits per heavy atom. The van der Waals surface area contributed by atoms with Crippen LogP contribution < -0.4 is 4.74 Å². The van der Waals surface area contributed by atoms with Crippen molar-refractivity contribution in [2.75, 3.05) is 20.2 Å². The van der Waals surface area contributed by atoms with Crippen LogP contribution in [0.4, 0.5) is 10.5 Å². The van der Waals surface area contributed by atoms with Crippen LogP contribution in [0.1, 0.15) is 83.8 Å². The van der Waals surface area contributed by atoms with E-state index in [2.05, 4.69) is 13.8 Å². The van der Waals surface area contributed by atoms with Gasteiger partial charge in [0.15, 0.2) is 0 Å². The molecule has 0 saturated carbocycles. The minimum Gasteiger partial charge on any atom is -0.497 e. The summed E-state index contributed by atoms with van der Waals surface area (Å²) in [5.74, 6) is 0.733. The Bertz CT molecular complexity index is 917. The molecule has 0 heterocycles. The Hall–Kier alpha value is -3.09. The zero-order valence-corrected chi connectivity index (χ0v) is 21.6. The van der Waals surface area contributed by atoms with E-state index in [9.17, 15) is 14.9 Å². The van der Waals surface area contributed by atoms with Crippen LogP contribution in [0.25, 0.3) is 11.1 Å². The molecule has 0 aliphatic heterocycles. The molecule has 1 amide bonds. The molecule has 0 radical (unpaired) electrons. The molecule has 2 aromatic rings. The van der Waals surface area contributed by atoms with Crippen LogP contribution in [0.3, 0.4) is 0 Å². The van der Waals surface area contributed by atoms with Gasteiger partial charge in [0.05, 0.1) is 17.6 Å². The zero-order valence-electron chi connectivity index (χ0n) is 21.6. The average Bonchev–Trinajstić information content (AvgIpc) is 2.87. The first-order chi connectivity index (χ1) is 16.9. The van der Waals surface area contributed by atoms with E-state index in [-0.39, 0.29) is 5.69 Å². The molecule has 1 atom stereocenters. The Morgan fingerprint density at radius 3 is 2.00 bits per heavy atom. The van der Waals surface area contributed by atoms with Gasteiger partial charge in [-0.3, -0.25) is 10.1 Å². The molecule has 7 nitrogen and oxygen atoms in total. The topological polar surface area (TPSA) is 81.9 Å². The van der Waals surface area contributed by atoms with E-state index in [1.54, 1.807) is 31.1 Å². The summed E-state index contributed by atoms with van der Waals surface area (Å²) in [7, 11) is 1.60. The third-order valence-electron chi connectivity index (χ3n) is 6.18. The minimum atomic E-state index is -0.755. The first kappa shape index (κ1) is 28.1. The number of methoxy groups -OCH3 is 1. The summed E-state index contributed by atoms with van der Waals surface area (Å²) in [4.78, 5) is 26.1. The third kappa shape index (κ3) is 8.89. The zero-order chi connectivity index (χ0) is 25.6. The second-order valence-corrected chi connectivity index (χ2v) is 8.89. The summed E-state index contributed by atoms with van der Waals surface area (Å²) in [5, 5.41) is 11.7. The summed E-state index contributed by atoms with van der Waals surface area (Å²) in [5.41, 5.74) is 2.04. The molecular weight excluding hydrogens is 444 g/mol. The van der Waals surface area contributed by atoms with E-state index >= 15 is 0 Å². The number of nitro groups is 1. The lowest BCUT2D eigenvalue weighted by atomic mass is 9.99. The fourth-order valence-corrected chi connectivity index (χ4v) is 4.05. The van der Waals surface area contributed by atoms with Gasteiger partial charge in [-0.05, 0) is 55.2 Å². The number of carbonyl (C=O) groups excluding carboxylic acids is 1. The molecule has 0 aromatic heterocycles. The predicted molar refractivity (Wildman–Crippen MR) is 140 cm³/mol. The number of carbonyl (C=O) groups is 1. The summed E-state index contributed by atoms with van der Waals surface area (Å²) in [6.07, 6.45) is 7.37. The van der Waals surface area contributed by atoms with Gasteiger partial charge >= 0.3 is 6.09 Å². The Labute approximate surface area is 209 Å². The number of amides is 1. The number of ether oxygens (including phenoxy) is 2. The molecule has 35 heavy (non-hydrogen) atoms. The van der Waals surface area contributed by atoms with Gasteiger partial charge in [-0.25, -0.2) is 4.79 Å². The molecule has 0 fully saturated rings. The van der Waals surface area contributed by atoms with Crippen molar-refractivity contribution in [3.63, 3.8) is 0 Å². The van der Waals surface area contributed by atoms with Gasteiger partial charge in [0.25, 0.3) is 5.69 Å². The van der Waals surface area contributed by atoms with E-state index in [4.69, 9.17) is 9.47 Å². The highest BCUT2D eigenvalue weighted by atomic mass is 16.6. The van der Waals surface area contributed by atoms with Crippen molar-refractivity contribution >= 4 is 11.8 Å². The van der Waals surface area contributed by atoms with Crippen molar-refractivity contribution in [1.29, 1.82) is 0 Å². The van der Waals surface area contributed by atoms with Gasteiger partial charge in [-0.1, -0.05) is 64.5 Å². The molecule has 1 unspecified atom stereocenters. The number of benzene rings is 2. The normalized spacial score (nSPS) is 11.7. The molecule has 0 N–H and O–H groups in total. The van der Waals surface area contributed by atoms with Crippen molar-refractivity contribution in [2.45, 2.75) is 78.2 Å². The largest absolute Gasteiger partial charge is 0.497 e. The summed E-state index contributed by atoms with van der Waals surface area (Å²) in [6.45, 7) is 7.30. The van der Waals surface area contributed by atoms with Gasteiger partial charge in [-0.2, -0.15) is 0 Å². The van der Waals surface area contributed by atoms with E-state index in [0.29, 0.717) is 18.7 Å². The highest BCUT2D eigenvalue weighted by molar-refractivity contribution is 5.70. The lowest BCUT2D eigenvalue weighted by Gasteiger charge is -2.24. The van der Waals surface area contributed by atoms with Gasteiger partial charge < -0.3 is 14.4 Å². The first-order valence-electron chi connectivity index (χ1n) is 12.8. The molecule has 0 aliphatic rings. The molecule has 2 aromatic carbocycles. The second kappa shape index (κ2) is 15.0. The van der Waals surface area contributed by atoms with E-state index in [1.165, 1.54) is 6.07 Å². The number of hydrogen-bond acceptors (Lipinski definition) is 5. The van der Waals surface area contributed by atoms with Crippen molar-refractivity contribution in [3.8, 4) is 16.9 Å². The lowest BCUT2D eigenvalue weighted by molar-refractivity contribution is -0.386. The third-order valence-corrected chi connectivity index (χ3v) is 6.18. The highest BCUT2D eigenvalue weighted by Gasteiger charge is 2.25. The lowest BCUT2D eigenvalue weighted by Crippen LogP contribution is -2.34. The fraction of sp³-hybridized carbons (Fsp3) is 0.536. The molecule has 7 heteroatoms. The molecule has 0 bridgehead atoms. The van der Waals surface area contributed by atoms with Gasteiger partial charge in [0.1, 0.15) is 11.9 Å². The average molecular weight is 485 g/mol. The van der Waals surface area contributed by atoms with Crippen molar-refractivity contribution in [1.82, 2.24) is 4.90 Å². The van der Waals surface area contributed by atoms with Crippen LogP contribution in [0.2, 0.25) is 0 Å². The number of unbranched alkanes of at least 4 members (excludes halogenated alkanes) is 6. The van der Waals surface area contributed by atoms with Gasteiger partial charge in [0.2, 0.25) is 0 Å². The number of hydrogen-bond donors (Lipinski definition) is 0. The number of nitrogens with zero attached hydrogens (tertiary/aromatic N) is 2. The van der Waals surface area contributed by atoms with Crippen LogP contribution in [0.15, 0.2) is 42.5 Å². The maximum absolute atomic E-state index is 13.1. The van der Waals surface area contributed by atoms with Crippen LogP contribution >= 0.6 is 0 Å². The van der Waals surface area contributed by atoms with Crippen LogP contribution in [-0.2, 0) is 4.74 Å². The maximum atomic E-state index is 13.1. The second-order valence-electron chi connectivity index (χ2n) is 8.89. The van der Waals surface area contributed by atoms with Gasteiger partial charge in [0, 0.05) is 19.2 Å². The molecule has 2 rings (SSSR count). The smallest absolute Gasteiger partial charge is 0.410 e. The predicted octanol–water partition coefficient (Wildman–Crippen LogP) is 7.93. The SMILES string of the molecule is CCCCCCN(CCCCCC)C(=O)OC(C)c1cc(-c2ccc(OC)cc2)ccc1[N+](=O)[O-]. The number of rotatable bonds is 15. The number of nitro benzene ring substituents is 1. The summed E-state index contributed by atoms with van der Waals surface area (Å²) >= 11 is 0. The summed E-state index contributed by atoms with van der Waals surface area (Å²) < 4.78 is 11.0. The minimum absolute atomic E-state index is 0.0556. The molecule has 0 saturated heterocycles. The molecule has 192 valence electrons. The van der Waals surface area contributed by atoms with Crippen LogP contribution in [0.5, 0.6) is 5.75 Å². The Morgan fingerprint density at radius 2 is 1.49 bits per heavy atom. The summed E-state index contributed by atoms with van der Waals surface area (Å²) in [6, 6.07) is 12.4. The Balaban J connectivity index is 2.19.